The summed E-state index contributed by atoms with van der Waals surface area (Å²) in [6, 6.07) is 11.2. The molecule has 1 fully saturated rings. The van der Waals surface area contributed by atoms with E-state index < -0.39 is 11.6 Å². The van der Waals surface area contributed by atoms with Crippen LogP contribution in [0, 0.1) is 23.0 Å². The van der Waals surface area contributed by atoms with Gasteiger partial charge in [0, 0.05) is 43.9 Å². The van der Waals surface area contributed by atoms with E-state index in [0.29, 0.717) is 23.4 Å². The smallest absolute Gasteiger partial charge is 0.201 e. The lowest BCUT2D eigenvalue weighted by Gasteiger charge is -2.39. The van der Waals surface area contributed by atoms with Crippen LogP contribution in [-0.2, 0) is 0 Å². The molecular weight excluding hydrogens is 412 g/mol. The number of nitriles is 1. The topological polar surface area (TPSA) is 77.9 Å². The van der Waals surface area contributed by atoms with E-state index in [1.54, 1.807) is 18.2 Å². The number of rotatable bonds is 3. The number of nitrogens with two attached hydrogens (primary N) is 1. The van der Waals surface area contributed by atoms with Gasteiger partial charge in [0.05, 0.1) is 18.4 Å². The third-order valence-corrected chi connectivity index (χ3v) is 5.92. The van der Waals surface area contributed by atoms with Crippen molar-refractivity contribution in [3.63, 3.8) is 0 Å². The number of likely N-dealkylation sites (tertiary alicyclic amines) is 1. The van der Waals surface area contributed by atoms with Crippen LogP contribution in [-0.4, -0.2) is 55.6 Å². The number of benzene rings is 2. The summed E-state index contributed by atoms with van der Waals surface area (Å²) in [5, 5.41) is 9.09. The van der Waals surface area contributed by atoms with Crippen LogP contribution < -0.4 is 10.5 Å². The minimum atomic E-state index is -0.614. The second kappa shape index (κ2) is 8.97. The number of methoxy groups -OCH3 is 1. The van der Waals surface area contributed by atoms with Gasteiger partial charge in [-0.25, -0.2) is 13.8 Å². The summed E-state index contributed by atoms with van der Waals surface area (Å²) < 4.78 is 34.0. The summed E-state index contributed by atoms with van der Waals surface area (Å²) in [6.07, 6.45) is 1.74. The first-order chi connectivity index (χ1) is 15.4. The van der Waals surface area contributed by atoms with Crippen molar-refractivity contribution in [2.24, 2.45) is 10.7 Å². The minimum Gasteiger partial charge on any atom is -0.494 e. The Morgan fingerprint density at radius 3 is 2.41 bits per heavy atom. The molecule has 6 nitrogen and oxygen atoms in total. The number of aliphatic imine (C=N–C) groups is 1. The lowest BCUT2D eigenvalue weighted by Crippen LogP contribution is -2.49. The first kappa shape index (κ1) is 21.8. The fourth-order valence-corrected chi connectivity index (χ4v) is 4.12. The molecule has 2 aliphatic rings. The fraction of sp³-hybridized carbons (Fsp3) is 0.333. The van der Waals surface area contributed by atoms with Gasteiger partial charge in [-0.15, -0.1) is 0 Å². The summed E-state index contributed by atoms with van der Waals surface area (Å²) in [5.74, 6) is -0.171. The highest BCUT2D eigenvalue weighted by atomic mass is 19.1. The third-order valence-electron chi connectivity index (χ3n) is 5.92. The van der Waals surface area contributed by atoms with Crippen LogP contribution in [0.1, 0.15) is 29.5 Å². The van der Waals surface area contributed by atoms with Crippen LogP contribution in [0.3, 0.4) is 0 Å². The van der Waals surface area contributed by atoms with Crippen LogP contribution in [0.4, 0.5) is 8.78 Å². The highest BCUT2D eigenvalue weighted by Crippen LogP contribution is 2.34. The van der Waals surface area contributed by atoms with Crippen LogP contribution in [0.25, 0.3) is 11.3 Å². The average molecular weight is 437 g/mol. The van der Waals surface area contributed by atoms with Gasteiger partial charge in [0.1, 0.15) is 11.9 Å². The average Bonchev–Trinajstić information content (AvgIpc) is 2.79. The molecule has 2 aliphatic heterocycles. The number of hydrogen-bond acceptors (Lipinski definition) is 6. The van der Waals surface area contributed by atoms with Crippen molar-refractivity contribution in [1.29, 1.82) is 5.26 Å². The molecule has 2 N–H and O–H groups in total. The molecule has 2 aromatic carbocycles. The van der Waals surface area contributed by atoms with Crippen molar-refractivity contribution in [3.8, 4) is 11.8 Å². The maximum absolute atomic E-state index is 14.5. The predicted molar refractivity (Wildman–Crippen MR) is 120 cm³/mol. The lowest BCUT2D eigenvalue weighted by atomic mass is 9.97. The lowest BCUT2D eigenvalue weighted by molar-refractivity contribution is 0.282. The molecule has 8 heteroatoms. The van der Waals surface area contributed by atoms with Crippen molar-refractivity contribution in [3.05, 3.63) is 64.7 Å². The molecule has 1 saturated heterocycles. The van der Waals surface area contributed by atoms with E-state index in [1.807, 2.05) is 18.0 Å². The number of likely N-dealkylation sites (N-methyl/N-ethyl adjacent to an activating group) is 1. The summed E-state index contributed by atoms with van der Waals surface area (Å²) in [5.41, 5.74) is 8.51. The molecule has 0 amide bonds. The second-order valence-corrected chi connectivity index (χ2v) is 8.08. The number of halogens is 2. The molecule has 166 valence electrons. The summed E-state index contributed by atoms with van der Waals surface area (Å²) >= 11 is 0. The van der Waals surface area contributed by atoms with Gasteiger partial charge >= 0.3 is 0 Å². The number of ether oxygens (including phenoxy) is 1. The Hall–Kier alpha value is -3.44. The van der Waals surface area contributed by atoms with Gasteiger partial charge in [-0.05, 0) is 42.7 Å². The molecule has 2 aromatic rings. The molecule has 0 aromatic heterocycles. The largest absolute Gasteiger partial charge is 0.494 e. The molecule has 0 radical (unpaired) electrons. The molecular formula is C24H25F2N5O. The van der Waals surface area contributed by atoms with Crippen LogP contribution >= 0.6 is 0 Å². The number of piperidine rings is 1. The number of hydrogen-bond donors (Lipinski definition) is 1. The first-order valence-electron chi connectivity index (χ1n) is 10.5. The van der Waals surface area contributed by atoms with Gasteiger partial charge in [-0.2, -0.15) is 5.26 Å². The molecule has 0 spiro atoms. The Bertz CT molecular complexity index is 1130. The standard InChI is InChI=1S/C24H25F2N5O/c1-30-14-19(15-5-6-22(32-2)21(26)11-15)23(16-3-4-17(13-27)20(25)12-16)29-24(30)31-9-7-18(28)8-10-31/h3-6,11-12,18H,7-10,14,28H2,1-2H3. The molecule has 0 unspecified atom stereocenters. The quantitative estimate of drug-likeness (QED) is 0.796. The maximum atomic E-state index is 14.5. The summed E-state index contributed by atoms with van der Waals surface area (Å²) in [7, 11) is 3.35. The minimum absolute atomic E-state index is 0.0338. The molecule has 32 heavy (non-hydrogen) atoms. The van der Waals surface area contributed by atoms with Crippen molar-refractivity contribution in [1.82, 2.24) is 9.80 Å². The zero-order chi connectivity index (χ0) is 22.8. The van der Waals surface area contributed by atoms with E-state index in [9.17, 15) is 8.78 Å². The Morgan fingerprint density at radius 1 is 1.09 bits per heavy atom. The van der Waals surface area contributed by atoms with Gasteiger partial charge in [-0.1, -0.05) is 12.1 Å². The van der Waals surface area contributed by atoms with Gasteiger partial charge in [0.2, 0.25) is 5.96 Å². The summed E-state index contributed by atoms with van der Waals surface area (Å²) in [6.45, 7) is 2.03. The van der Waals surface area contributed by atoms with Gasteiger partial charge in [0.15, 0.2) is 11.6 Å². The number of guanidine groups is 1. The zero-order valence-electron chi connectivity index (χ0n) is 18.1. The molecule has 0 bridgehead atoms. The fourth-order valence-electron chi connectivity index (χ4n) is 4.12. The van der Waals surface area contributed by atoms with E-state index in [4.69, 9.17) is 20.7 Å². The number of nitrogens with zero attached hydrogens (tertiary/aromatic N) is 4. The second-order valence-electron chi connectivity index (χ2n) is 8.08. The first-order valence-corrected chi connectivity index (χ1v) is 10.5. The van der Waals surface area contributed by atoms with E-state index in [-0.39, 0.29) is 17.4 Å². The highest BCUT2D eigenvalue weighted by molar-refractivity contribution is 6.00. The highest BCUT2D eigenvalue weighted by Gasteiger charge is 2.28. The van der Waals surface area contributed by atoms with E-state index in [2.05, 4.69) is 4.90 Å². The monoisotopic (exact) mass is 437 g/mol. The Labute approximate surface area is 186 Å². The van der Waals surface area contributed by atoms with Gasteiger partial charge in [-0.3, -0.25) is 0 Å². The van der Waals surface area contributed by atoms with Crippen molar-refractivity contribution < 1.29 is 13.5 Å². The van der Waals surface area contributed by atoms with E-state index in [1.165, 1.54) is 25.3 Å². The third kappa shape index (κ3) is 4.16. The molecule has 0 aliphatic carbocycles. The van der Waals surface area contributed by atoms with E-state index >= 15 is 0 Å². The van der Waals surface area contributed by atoms with Crippen molar-refractivity contribution in [2.45, 2.75) is 18.9 Å². The maximum Gasteiger partial charge on any atom is 0.201 e. The van der Waals surface area contributed by atoms with Gasteiger partial charge in [0.25, 0.3) is 0 Å². The molecule has 2 heterocycles. The zero-order valence-corrected chi connectivity index (χ0v) is 18.1. The van der Waals surface area contributed by atoms with Crippen molar-refractivity contribution >= 4 is 17.2 Å². The van der Waals surface area contributed by atoms with Crippen molar-refractivity contribution in [2.75, 3.05) is 33.8 Å². The predicted octanol–water partition coefficient (Wildman–Crippen LogP) is 3.44. The molecule has 0 atom stereocenters. The van der Waals surface area contributed by atoms with Crippen LogP contribution in [0.2, 0.25) is 0 Å². The van der Waals surface area contributed by atoms with Crippen LogP contribution in [0.15, 0.2) is 41.4 Å². The normalized spacial score (nSPS) is 17.3. The van der Waals surface area contributed by atoms with Crippen LogP contribution in [0.5, 0.6) is 5.75 Å². The van der Waals surface area contributed by atoms with E-state index in [0.717, 1.165) is 37.5 Å². The Morgan fingerprint density at radius 2 is 1.78 bits per heavy atom. The Balaban J connectivity index is 1.85. The summed E-state index contributed by atoms with van der Waals surface area (Å²) in [4.78, 5) is 9.10. The SMILES string of the molecule is COc1ccc(C2=C(c3ccc(C#N)c(F)c3)N=C(N3CCC(N)CC3)N(C)C2)cc1F. The Kier molecular flexibility index (Phi) is 6.10. The molecule has 0 saturated carbocycles. The van der Waals surface area contributed by atoms with Gasteiger partial charge < -0.3 is 20.3 Å². The molecule has 4 rings (SSSR count).